The Labute approximate surface area is 81.0 Å². The normalized spacial score (nSPS) is 11.1. The highest BCUT2D eigenvalue weighted by molar-refractivity contribution is 5.87. The molecule has 0 bridgehead atoms. The molecule has 0 aromatic rings. The van der Waals surface area contributed by atoms with Gasteiger partial charge in [-0.1, -0.05) is 40.7 Å². The van der Waals surface area contributed by atoms with Gasteiger partial charge in [0.05, 0.1) is 6.61 Å². The SMILES string of the molecule is C=C(CCC)C(=O)OCC(C)(C)C. The molecule has 0 fully saturated rings. The first kappa shape index (κ1) is 12.2. The van der Waals surface area contributed by atoms with Gasteiger partial charge in [-0.2, -0.15) is 0 Å². The van der Waals surface area contributed by atoms with Gasteiger partial charge in [0, 0.05) is 5.57 Å². The molecule has 0 heterocycles. The first-order valence-corrected chi connectivity index (χ1v) is 4.71. The van der Waals surface area contributed by atoms with Gasteiger partial charge in [0.15, 0.2) is 0 Å². The van der Waals surface area contributed by atoms with Crippen molar-refractivity contribution in [1.82, 2.24) is 0 Å². The molecule has 0 rings (SSSR count). The predicted octanol–water partition coefficient (Wildman–Crippen LogP) is 2.93. The van der Waals surface area contributed by atoms with Crippen LogP contribution in [0.15, 0.2) is 12.2 Å². The van der Waals surface area contributed by atoms with Crippen LogP contribution in [0.5, 0.6) is 0 Å². The number of rotatable bonds is 4. The highest BCUT2D eigenvalue weighted by atomic mass is 16.5. The largest absolute Gasteiger partial charge is 0.462 e. The van der Waals surface area contributed by atoms with Crippen molar-refractivity contribution in [3.8, 4) is 0 Å². The molecule has 2 heteroatoms. The van der Waals surface area contributed by atoms with Gasteiger partial charge in [0.1, 0.15) is 0 Å². The maximum atomic E-state index is 11.3. The van der Waals surface area contributed by atoms with Crippen LogP contribution in [0.3, 0.4) is 0 Å². The van der Waals surface area contributed by atoms with E-state index in [1.165, 1.54) is 0 Å². The van der Waals surface area contributed by atoms with Crippen LogP contribution in [0.2, 0.25) is 0 Å². The summed E-state index contributed by atoms with van der Waals surface area (Å²) in [5.41, 5.74) is 0.606. The molecule has 0 atom stereocenters. The molecular formula is C11H20O2. The predicted molar refractivity (Wildman–Crippen MR) is 54.5 cm³/mol. The van der Waals surface area contributed by atoms with Crippen molar-refractivity contribution in [2.75, 3.05) is 6.61 Å². The fourth-order valence-corrected chi connectivity index (χ4v) is 0.788. The van der Waals surface area contributed by atoms with Gasteiger partial charge in [-0.05, 0) is 11.8 Å². The first-order valence-electron chi connectivity index (χ1n) is 4.71. The summed E-state index contributed by atoms with van der Waals surface area (Å²) in [4.78, 5) is 11.3. The van der Waals surface area contributed by atoms with E-state index in [0.29, 0.717) is 12.2 Å². The van der Waals surface area contributed by atoms with E-state index in [0.717, 1.165) is 12.8 Å². The second-order valence-corrected chi connectivity index (χ2v) is 4.49. The molecule has 0 aliphatic rings. The fraction of sp³-hybridized carbons (Fsp3) is 0.727. The Morgan fingerprint density at radius 1 is 1.38 bits per heavy atom. The zero-order valence-corrected chi connectivity index (χ0v) is 9.14. The zero-order chi connectivity index (χ0) is 10.5. The van der Waals surface area contributed by atoms with Gasteiger partial charge in [0.2, 0.25) is 0 Å². The van der Waals surface area contributed by atoms with E-state index < -0.39 is 0 Å². The summed E-state index contributed by atoms with van der Waals surface area (Å²) in [5, 5.41) is 0. The molecule has 0 aliphatic heterocycles. The average Bonchev–Trinajstić information content (AvgIpc) is 1.99. The van der Waals surface area contributed by atoms with Crippen molar-refractivity contribution in [3.05, 3.63) is 12.2 Å². The maximum absolute atomic E-state index is 11.3. The minimum absolute atomic E-state index is 0.0299. The third-order valence-electron chi connectivity index (χ3n) is 1.48. The summed E-state index contributed by atoms with van der Waals surface area (Å²) in [6, 6.07) is 0. The molecule has 0 aromatic carbocycles. The van der Waals surface area contributed by atoms with Gasteiger partial charge >= 0.3 is 5.97 Å². The van der Waals surface area contributed by atoms with E-state index >= 15 is 0 Å². The van der Waals surface area contributed by atoms with Gasteiger partial charge in [-0.3, -0.25) is 0 Å². The molecule has 0 amide bonds. The second kappa shape index (κ2) is 5.05. The number of esters is 1. The lowest BCUT2D eigenvalue weighted by molar-refractivity contribution is -0.141. The summed E-state index contributed by atoms with van der Waals surface area (Å²) in [5.74, 6) is -0.253. The number of hydrogen-bond acceptors (Lipinski definition) is 2. The molecule has 76 valence electrons. The van der Waals surface area contributed by atoms with Gasteiger partial charge in [-0.25, -0.2) is 4.79 Å². The zero-order valence-electron chi connectivity index (χ0n) is 9.14. The Kier molecular flexibility index (Phi) is 4.74. The number of ether oxygens (including phenoxy) is 1. The third kappa shape index (κ3) is 6.38. The molecule has 2 nitrogen and oxygen atoms in total. The van der Waals surface area contributed by atoms with E-state index in [-0.39, 0.29) is 11.4 Å². The molecule has 0 radical (unpaired) electrons. The summed E-state index contributed by atoms with van der Waals surface area (Å²) in [6.45, 7) is 12.2. The van der Waals surface area contributed by atoms with Crippen LogP contribution < -0.4 is 0 Å². The van der Waals surface area contributed by atoms with Crippen LogP contribution in [0.1, 0.15) is 40.5 Å². The van der Waals surface area contributed by atoms with Crippen molar-refractivity contribution < 1.29 is 9.53 Å². The van der Waals surface area contributed by atoms with E-state index in [1.807, 2.05) is 27.7 Å². The van der Waals surface area contributed by atoms with Crippen molar-refractivity contribution in [1.29, 1.82) is 0 Å². The Bertz CT molecular complexity index is 187. The molecule has 0 spiro atoms. The van der Waals surface area contributed by atoms with Gasteiger partial charge in [-0.15, -0.1) is 0 Å². The Hall–Kier alpha value is -0.790. The maximum Gasteiger partial charge on any atom is 0.333 e. The standard InChI is InChI=1S/C11H20O2/c1-6-7-9(2)10(12)13-8-11(3,4)5/h2,6-8H2,1,3-5H3. The highest BCUT2D eigenvalue weighted by Crippen LogP contribution is 2.14. The second-order valence-electron chi connectivity index (χ2n) is 4.49. The molecule has 0 saturated carbocycles. The fourth-order valence-electron chi connectivity index (χ4n) is 0.788. The van der Waals surface area contributed by atoms with Gasteiger partial charge < -0.3 is 4.74 Å². The molecule has 0 aliphatic carbocycles. The Balaban J connectivity index is 3.82. The smallest absolute Gasteiger partial charge is 0.333 e. The van der Waals surface area contributed by atoms with Crippen molar-refractivity contribution in [3.63, 3.8) is 0 Å². The lowest BCUT2D eigenvalue weighted by Gasteiger charge is -2.18. The quantitative estimate of drug-likeness (QED) is 0.496. The van der Waals surface area contributed by atoms with Crippen LogP contribution in [0, 0.1) is 5.41 Å². The van der Waals surface area contributed by atoms with Gasteiger partial charge in [0.25, 0.3) is 0 Å². The number of hydrogen-bond donors (Lipinski definition) is 0. The molecule has 0 saturated heterocycles. The van der Waals surface area contributed by atoms with E-state index in [2.05, 4.69) is 6.58 Å². The molecular weight excluding hydrogens is 164 g/mol. The van der Waals surface area contributed by atoms with Crippen LogP contribution in [0.25, 0.3) is 0 Å². The summed E-state index contributed by atoms with van der Waals surface area (Å²) >= 11 is 0. The van der Waals surface area contributed by atoms with Crippen LogP contribution in [0.4, 0.5) is 0 Å². The molecule has 13 heavy (non-hydrogen) atoms. The van der Waals surface area contributed by atoms with Crippen LogP contribution in [-0.2, 0) is 9.53 Å². The molecule has 0 aromatic heterocycles. The number of carbonyl (C=O) groups is 1. The molecule has 0 N–H and O–H groups in total. The van der Waals surface area contributed by atoms with E-state index in [1.54, 1.807) is 0 Å². The highest BCUT2D eigenvalue weighted by Gasteiger charge is 2.14. The average molecular weight is 184 g/mol. The minimum atomic E-state index is -0.253. The summed E-state index contributed by atoms with van der Waals surface area (Å²) in [7, 11) is 0. The van der Waals surface area contributed by atoms with Crippen LogP contribution >= 0.6 is 0 Å². The minimum Gasteiger partial charge on any atom is -0.462 e. The van der Waals surface area contributed by atoms with Crippen molar-refractivity contribution in [2.45, 2.75) is 40.5 Å². The third-order valence-corrected chi connectivity index (χ3v) is 1.48. The van der Waals surface area contributed by atoms with Crippen LogP contribution in [-0.4, -0.2) is 12.6 Å². The first-order chi connectivity index (χ1) is 5.87. The van der Waals surface area contributed by atoms with E-state index in [9.17, 15) is 4.79 Å². The monoisotopic (exact) mass is 184 g/mol. The van der Waals surface area contributed by atoms with Crippen molar-refractivity contribution >= 4 is 5.97 Å². The summed E-state index contributed by atoms with van der Waals surface area (Å²) in [6.07, 6.45) is 1.66. The Morgan fingerprint density at radius 3 is 2.31 bits per heavy atom. The van der Waals surface area contributed by atoms with E-state index in [4.69, 9.17) is 4.74 Å². The topological polar surface area (TPSA) is 26.3 Å². The Morgan fingerprint density at radius 2 is 1.92 bits per heavy atom. The lowest BCUT2D eigenvalue weighted by Crippen LogP contribution is -2.19. The molecule has 0 unspecified atom stereocenters. The lowest BCUT2D eigenvalue weighted by atomic mass is 9.99. The van der Waals surface area contributed by atoms with Crippen molar-refractivity contribution in [2.24, 2.45) is 5.41 Å². The number of carbonyl (C=O) groups excluding carboxylic acids is 1. The summed E-state index contributed by atoms with van der Waals surface area (Å²) < 4.78 is 5.08.